The second kappa shape index (κ2) is 7.63. The number of benzene rings is 1. The van der Waals surface area contributed by atoms with Gasteiger partial charge in [0.05, 0.1) is 31.7 Å². The molecule has 24 heavy (non-hydrogen) atoms. The lowest BCUT2D eigenvalue weighted by atomic mass is 9.99. The van der Waals surface area contributed by atoms with Crippen molar-refractivity contribution in [2.75, 3.05) is 33.8 Å². The number of carboxylic acid groups (broad SMARTS) is 1. The molecule has 3 atom stereocenters. The van der Waals surface area contributed by atoms with Gasteiger partial charge >= 0.3 is 5.97 Å². The van der Waals surface area contributed by atoms with Crippen molar-refractivity contribution >= 4 is 11.9 Å². The summed E-state index contributed by atoms with van der Waals surface area (Å²) in [6.07, 6.45) is -0.754. The molecular formula is C17H24N2O5. The summed E-state index contributed by atoms with van der Waals surface area (Å²) in [5.41, 5.74) is 0.844. The Bertz CT molecular complexity index is 606. The van der Waals surface area contributed by atoms with Crippen LogP contribution in [-0.4, -0.2) is 77.8 Å². The number of likely N-dealkylation sites (tertiary alicyclic amines) is 1. The maximum absolute atomic E-state index is 12.7. The van der Waals surface area contributed by atoms with Crippen molar-refractivity contribution in [2.24, 2.45) is 0 Å². The molecule has 1 fully saturated rings. The number of aliphatic hydroxyl groups is 1. The predicted octanol–water partition coefficient (Wildman–Crippen LogP) is 0.387. The Morgan fingerprint density at radius 2 is 2.12 bits per heavy atom. The Labute approximate surface area is 141 Å². The fraction of sp³-hybridized carbons (Fsp3) is 0.529. The zero-order chi connectivity index (χ0) is 17.9. The van der Waals surface area contributed by atoms with E-state index in [4.69, 9.17) is 9.84 Å². The minimum absolute atomic E-state index is 0.0893. The SMILES string of the molecule is COc1cccc([C@@H](C)C(=O)N2C[C@@H](O)[C@H](N(C)CC(=O)O)C2)c1. The molecule has 0 spiro atoms. The van der Waals surface area contributed by atoms with Crippen molar-refractivity contribution in [1.29, 1.82) is 0 Å². The molecule has 1 amide bonds. The summed E-state index contributed by atoms with van der Waals surface area (Å²) in [5, 5.41) is 19.1. The average Bonchev–Trinajstić information content (AvgIpc) is 2.94. The summed E-state index contributed by atoms with van der Waals surface area (Å²) in [5.74, 6) is -0.726. The highest BCUT2D eigenvalue weighted by molar-refractivity contribution is 5.84. The van der Waals surface area contributed by atoms with Gasteiger partial charge in [-0.15, -0.1) is 0 Å². The molecule has 7 heteroatoms. The summed E-state index contributed by atoms with van der Waals surface area (Å²) < 4.78 is 5.19. The number of aliphatic carboxylic acids is 1. The molecule has 0 saturated carbocycles. The van der Waals surface area contributed by atoms with Crippen LogP contribution in [0.1, 0.15) is 18.4 Å². The minimum atomic E-state index is -0.959. The molecule has 0 radical (unpaired) electrons. The van der Waals surface area contributed by atoms with Crippen LogP contribution in [0.25, 0.3) is 0 Å². The lowest BCUT2D eigenvalue weighted by molar-refractivity contribution is -0.138. The second-order valence-electron chi connectivity index (χ2n) is 6.19. The molecule has 7 nitrogen and oxygen atoms in total. The number of nitrogens with zero attached hydrogens (tertiary/aromatic N) is 2. The van der Waals surface area contributed by atoms with Gasteiger partial charge in [0.15, 0.2) is 0 Å². The first-order valence-electron chi connectivity index (χ1n) is 7.86. The fourth-order valence-corrected chi connectivity index (χ4v) is 3.04. The number of β-amino-alcohol motifs (C(OH)–C–C–N with tert-alkyl or cyclic N) is 1. The molecular weight excluding hydrogens is 312 g/mol. The van der Waals surface area contributed by atoms with E-state index in [1.165, 1.54) is 0 Å². The van der Waals surface area contributed by atoms with E-state index in [0.717, 1.165) is 5.56 Å². The van der Waals surface area contributed by atoms with Gasteiger partial charge in [0.25, 0.3) is 0 Å². The zero-order valence-corrected chi connectivity index (χ0v) is 14.2. The Balaban J connectivity index is 2.05. The van der Waals surface area contributed by atoms with E-state index in [1.54, 1.807) is 24.0 Å². The van der Waals surface area contributed by atoms with Gasteiger partial charge < -0.3 is 19.8 Å². The number of rotatable bonds is 6. The second-order valence-corrected chi connectivity index (χ2v) is 6.19. The molecule has 1 aliphatic heterocycles. The first kappa shape index (κ1) is 18.2. The molecule has 0 unspecified atom stereocenters. The Morgan fingerprint density at radius 1 is 1.42 bits per heavy atom. The van der Waals surface area contributed by atoms with E-state index in [-0.39, 0.29) is 31.0 Å². The number of carbonyl (C=O) groups excluding carboxylic acids is 1. The molecule has 0 aliphatic carbocycles. The number of hydrogen-bond acceptors (Lipinski definition) is 5. The van der Waals surface area contributed by atoms with E-state index in [1.807, 2.05) is 31.2 Å². The molecule has 2 rings (SSSR count). The van der Waals surface area contributed by atoms with Gasteiger partial charge in [-0.3, -0.25) is 14.5 Å². The Morgan fingerprint density at radius 3 is 2.75 bits per heavy atom. The van der Waals surface area contributed by atoms with Crippen LogP contribution in [0.5, 0.6) is 5.75 Å². The van der Waals surface area contributed by atoms with Gasteiger partial charge in [0, 0.05) is 13.1 Å². The summed E-state index contributed by atoms with van der Waals surface area (Å²) >= 11 is 0. The van der Waals surface area contributed by atoms with Crippen LogP contribution in [0.2, 0.25) is 0 Å². The van der Waals surface area contributed by atoms with Crippen LogP contribution in [0, 0.1) is 0 Å². The molecule has 1 heterocycles. The normalized spacial score (nSPS) is 21.8. The van der Waals surface area contributed by atoms with Gasteiger partial charge in [0.2, 0.25) is 5.91 Å². The van der Waals surface area contributed by atoms with Crippen molar-refractivity contribution in [1.82, 2.24) is 9.80 Å². The van der Waals surface area contributed by atoms with Gasteiger partial charge in [-0.05, 0) is 31.7 Å². The highest BCUT2D eigenvalue weighted by atomic mass is 16.5. The van der Waals surface area contributed by atoms with E-state index >= 15 is 0 Å². The van der Waals surface area contributed by atoms with E-state index in [2.05, 4.69) is 0 Å². The Kier molecular flexibility index (Phi) is 5.80. The van der Waals surface area contributed by atoms with Gasteiger partial charge in [0.1, 0.15) is 5.75 Å². The molecule has 1 aliphatic rings. The Hall–Kier alpha value is -2.12. The summed E-state index contributed by atoms with van der Waals surface area (Å²) in [7, 11) is 3.22. The van der Waals surface area contributed by atoms with Crippen molar-refractivity contribution in [3.63, 3.8) is 0 Å². The molecule has 0 aromatic heterocycles. The maximum Gasteiger partial charge on any atom is 0.317 e. The number of amides is 1. The first-order valence-corrected chi connectivity index (χ1v) is 7.86. The van der Waals surface area contributed by atoms with Crippen LogP contribution in [-0.2, 0) is 9.59 Å². The fourth-order valence-electron chi connectivity index (χ4n) is 3.04. The van der Waals surface area contributed by atoms with Crippen molar-refractivity contribution in [3.8, 4) is 5.75 Å². The zero-order valence-electron chi connectivity index (χ0n) is 14.2. The number of methoxy groups -OCH3 is 1. The van der Waals surface area contributed by atoms with Gasteiger partial charge in [-0.2, -0.15) is 0 Å². The van der Waals surface area contributed by atoms with Crippen LogP contribution < -0.4 is 4.74 Å². The van der Waals surface area contributed by atoms with Crippen LogP contribution >= 0.6 is 0 Å². The summed E-state index contributed by atoms with van der Waals surface area (Å²) in [4.78, 5) is 26.7. The molecule has 1 aromatic carbocycles. The number of aliphatic hydroxyl groups excluding tert-OH is 1. The quantitative estimate of drug-likeness (QED) is 0.781. The van der Waals surface area contributed by atoms with E-state index in [9.17, 15) is 14.7 Å². The van der Waals surface area contributed by atoms with Crippen molar-refractivity contribution < 1.29 is 24.5 Å². The number of carboxylic acids is 1. The van der Waals surface area contributed by atoms with Crippen LogP contribution in [0.4, 0.5) is 0 Å². The van der Waals surface area contributed by atoms with Crippen molar-refractivity contribution in [2.45, 2.75) is 25.0 Å². The van der Waals surface area contributed by atoms with Crippen LogP contribution in [0.15, 0.2) is 24.3 Å². The smallest absolute Gasteiger partial charge is 0.317 e. The lowest BCUT2D eigenvalue weighted by Crippen LogP contribution is -2.43. The number of hydrogen-bond donors (Lipinski definition) is 2. The van der Waals surface area contributed by atoms with Gasteiger partial charge in [-0.1, -0.05) is 12.1 Å². The molecule has 1 aromatic rings. The highest BCUT2D eigenvalue weighted by Crippen LogP contribution is 2.25. The average molecular weight is 336 g/mol. The molecule has 2 N–H and O–H groups in total. The summed E-state index contributed by atoms with van der Waals surface area (Å²) in [6.45, 7) is 2.17. The monoisotopic (exact) mass is 336 g/mol. The third-order valence-corrected chi connectivity index (χ3v) is 4.49. The largest absolute Gasteiger partial charge is 0.497 e. The molecule has 1 saturated heterocycles. The first-order chi connectivity index (χ1) is 11.3. The number of likely N-dealkylation sites (N-methyl/N-ethyl adjacent to an activating group) is 1. The van der Waals surface area contributed by atoms with E-state index in [0.29, 0.717) is 12.3 Å². The minimum Gasteiger partial charge on any atom is -0.497 e. The molecule has 132 valence electrons. The maximum atomic E-state index is 12.7. The molecule has 0 bridgehead atoms. The van der Waals surface area contributed by atoms with E-state index < -0.39 is 12.1 Å². The van der Waals surface area contributed by atoms with Gasteiger partial charge in [-0.25, -0.2) is 0 Å². The standard InChI is InChI=1S/C17H24N2O5/c1-11(12-5-4-6-13(7-12)24-3)17(23)19-8-14(15(20)9-19)18(2)10-16(21)22/h4-7,11,14-15,20H,8-10H2,1-3H3,(H,21,22)/t11-,14-,15-/m1/s1. The number of carbonyl (C=O) groups is 2. The third-order valence-electron chi connectivity index (χ3n) is 4.49. The highest BCUT2D eigenvalue weighted by Gasteiger charge is 2.38. The lowest BCUT2D eigenvalue weighted by Gasteiger charge is -2.25. The van der Waals surface area contributed by atoms with Crippen LogP contribution in [0.3, 0.4) is 0 Å². The summed E-state index contributed by atoms with van der Waals surface area (Å²) in [6, 6.07) is 6.97. The number of ether oxygens (including phenoxy) is 1. The predicted molar refractivity (Wildman–Crippen MR) is 88.0 cm³/mol. The topological polar surface area (TPSA) is 90.3 Å². The third kappa shape index (κ3) is 4.04. The van der Waals surface area contributed by atoms with Crippen molar-refractivity contribution in [3.05, 3.63) is 29.8 Å².